The third-order valence-corrected chi connectivity index (χ3v) is 8.50. The Morgan fingerprint density at radius 1 is 1.26 bits per heavy atom. The number of nitrogens with one attached hydrogen (secondary N) is 1. The first-order valence-corrected chi connectivity index (χ1v) is 14.6. The molecule has 206 valence electrons. The molecule has 4 atom stereocenters. The van der Waals surface area contributed by atoms with Gasteiger partial charge in [-0.3, -0.25) is 13.9 Å². The molecule has 2 aromatic heterocycles. The average Bonchev–Trinajstić information content (AvgIpc) is 3.52. The number of thiophene rings is 1. The van der Waals surface area contributed by atoms with Crippen LogP contribution in [0.15, 0.2) is 48.2 Å². The lowest BCUT2D eigenvalue weighted by atomic mass is 9.89. The van der Waals surface area contributed by atoms with Crippen LogP contribution in [0.2, 0.25) is 0 Å². The number of aromatic nitrogens is 2. The van der Waals surface area contributed by atoms with Crippen molar-refractivity contribution in [2.45, 2.75) is 37.5 Å². The minimum absolute atomic E-state index is 0.226. The normalized spacial score (nSPS) is 22.9. The van der Waals surface area contributed by atoms with Gasteiger partial charge in [-0.1, -0.05) is 24.3 Å². The zero-order chi connectivity index (χ0) is 27.7. The van der Waals surface area contributed by atoms with E-state index in [4.69, 9.17) is 5.14 Å². The average molecular weight is 574 g/mol. The van der Waals surface area contributed by atoms with Crippen LogP contribution >= 0.6 is 11.3 Å². The first-order chi connectivity index (χ1) is 18.6. The van der Waals surface area contributed by atoms with Crippen molar-refractivity contribution < 1.29 is 32.4 Å². The first-order valence-electron chi connectivity index (χ1n) is 12.2. The number of aliphatic hydroxyl groups is 1. The Morgan fingerprint density at radius 2 is 2.05 bits per heavy atom. The maximum atomic E-state index is 13.6. The van der Waals surface area contributed by atoms with Gasteiger partial charge in [-0.25, -0.2) is 19.9 Å². The Hall–Kier alpha value is -3.43. The molecule has 1 saturated carbocycles. The van der Waals surface area contributed by atoms with E-state index in [-0.39, 0.29) is 29.8 Å². The van der Waals surface area contributed by atoms with Crippen LogP contribution in [0.25, 0.3) is 0 Å². The second-order valence-corrected chi connectivity index (χ2v) is 11.7. The van der Waals surface area contributed by atoms with Gasteiger partial charge in [0.25, 0.3) is 0 Å². The number of nitrogens with zero attached hydrogens (tertiary/aromatic N) is 3. The van der Waals surface area contributed by atoms with Crippen molar-refractivity contribution in [3.8, 4) is 0 Å². The van der Waals surface area contributed by atoms with Crippen LogP contribution in [-0.4, -0.2) is 70.7 Å². The third-order valence-electron chi connectivity index (χ3n) is 7.09. The van der Waals surface area contributed by atoms with Crippen LogP contribution in [0.3, 0.4) is 0 Å². The standard InChI is InChI=1S/C25H27N5O7S2/c26-39(35,36)37-11-15-7-17(9-20(15)31)29-24-19(10-27-13-28-24)23(32)21-8-16(12-38-21)22-18-4-2-1-3-14(18)5-6-30(22)25(33)34/h1-4,8,10,12-13,15,17,20,22,31H,5-7,9,11H2,(H,33,34)(H2,26,35,36)(H,27,28,29)/t15-,17-,20+,22-/m1/s1. The summed E-state index contributed by atoms with van der Waals surface area (Å²) >= 11 is 1.22. The van der Waals surface area contributed by atoms with Crippen LogP contribution in [0.4, 0.5) is 10.6 Å². The van der Waals surface area contributed by atoms with E-state index in [1.807, 2.05) is 24.3 Å². The summed E-state index contributed by atoms with van der Waals surface area (Å²) in [5.74, 6) is -0.504. The van der Waals surface area contributed by atoms with Gasteiger partial charge >= 0.3 is 16.4 Å². The summed E-state index contributed by atoms with van der Waals surface area (Å²) in [6, 6.07) is 8.61. The summed E-state index contributed by atoms with van der Waals surface area (Å²) in [5.41, 5.74) is 2.91. The molecule has 12 nitrogen and oxygen atoms in total. The first kappa shape index (κ1) is 27.1. The molecule has 0 unspecified atom stereocenters. The van der Waals surface area contributed by atoms with E-state index < -0.39 is 34.5 Å². The van der Waals surface area contributed by atoms with Crippen LogP contribution in [-0.2, 0) is 20.9 Å². The second kappa shape index (κ2) is 11.0. The maximum absolute atomic E-state index is 13.6. The largest absolute Gasteiger partial charge is 0.465 e. The molecule has 0 saturated heterocycles. The zero-order valence-corrected chi connectivity index (χ0v) is 22.3. The molecule has 0 radical (unpaired) electrons. The topological polar surface area (TPSA) is 185 Å². The van der Waals surface area contributed by atoms with Crippen LogP contribution < -0.4 is 10.5 Å². The van der Waals surface area contributed by atoms with Gasteiger partial charge in [-0.05, 0) is 47.4 Å². The van der Waals surface area contributed by atoms with E-state index in [0.29, 0.717) is 36.2 Å². The molecule has 5 rings (SSSR count). The number of carbonyl (C=O) groups excluding carboxylic acids is 1. The lowest BCUT2D eigenvalue weighted by molar-refractivity contribution is 0.101. The molecule has 3 aromatic rings. The van der Waals surface area contributed by atoms with Gasteiger partial charge in [0.15, 0.2) is 0 Å². The number of hydrogen-bond acceptors (Lipinski definition) is 10. The molecule has 0 spiro atoms. The van der Waals surface area contributed by atoms with E-state index in [1.54, 1.807) is 11.4 Å². The number of carboxylic acid groups (broad SMARTS) is 1. The number of amides is 1. The van der Waals surface area contributed by atoms with E-state index in [1.165, 1.54) is 28.8 Å². The summed E-state index contributed by atoms with van der Waals surface area (Å²) in [6.07, 6.45) is 2.16. The quantitative estimate of drug-likeness (QED) is 0.291. The van der Waals surface area contributed by atoms with Crippen LogP contribution in [0.5, 0.6) is 0 Å². The molecule has 1 fully saturated rings. The highest BCUT2D eigenvalue weighted by atomic mass is 32.2. The summed E-state index contributed by atoms with van der Waals surface area (Å²) in [5, 5.41) is 30.1. The second-order valence-electron chi connectivity index (χ2n) is 9.60. The number of anilines is 1. The molecule has 2 aliphatic rings. The number of benzene rings is 1. The predicted octanol–water partition coefficient (Wildman–Crippen LogP) is 2.17. The minimum Gasteiger partial charge on any atom is -0.465 e. The molecular formula is C25H27N5O7S2. The number of carbonyl (C=O) groups is 2. The van der Waals surface area contributed by atoms with Gasteiger partial charge in [0.2, 0.25) is 5.78 Å². The third kappa shape index (κ3) is 5.94. The molecule has 5 N–H and O–H groups in total. The van der Waals surface area contributed by atoms with E-state index >= 15 is 0 Å². The number of hydrogen-bond donors (Lipinski definition) is 4. The fourth-order valence-electron chi connectivity index (χ4n) is 5.26. The molecule has 14 heteroatoms. The summed E-state index contributed by atoms with van der Waals surface area (Å²) < 4.78 is 26.9. The number of nitrogens with two attached hydrogens (primary N) is 1. The van der Waals surface area contributed by atoms with Crippen molar-refractivity contribution in [2.24, 2.45) is 11.1 Å². The molecular weight excluding hydrogens is 546 g/mol. The van der Waals surface area contributed by atoms with Crippen molar-refractivity contribution in [2.75, 3.05) is 18.5 Å². The Labute approximate surface area is 228 Å². The summed E-state index contributed by atoms with van der Waals surface area (Å²) in [7, 11) is -4.12. The number of aliphatic hydroxyl groups excluding tert-OH is 1. The summed E-state index contributed by atoms with van der Waals surface area (Å²) in [6.45, 7) is 0.108. The Balaban J connectivity index is 1.36. The van der Waals surface area contributed by atoms with Gasteiger partial charge in [-0.2, -0.15) is 8.42 Å². The highest BCUT2D eigenvalue weighted by Crippen LogP contribution is 2.38. The SMILES string of the molecule is NS(=O)(=O)OC[C@H]1C[C@@H](Nc2ncncc2C(=O)c2cc([C@@H]3c4ccccc4CCN3C(=O)O)cs2)C[C@@H]1O. The molecule has 0 bridgehead atoms. The maximum Gasteiger partial charge on any atom is 0.408 e. The smallest absolute Gasteiger partial charge is 0.408 e. The number of rotatable bonds is 8. The fraction of sp³-hybridized carbons (Fsp3) is 0.360. The van der Waals surface area contributed by atoms with Crippen LogP contribution in [0.1, 0.15) is 50.8 Å². The predicted molar refractivity (Wildman–Crippen MR) is 142 cm³/mol. The molecule has 1 aliphatic heterocycles. The zero-order valence-electron chi connectivity index (χ0n) is 20.6. The van der Waals surface area contributed by atoms with Crippen molar-refractivity contribution in [1.29, 1.82) is 0 Å². The molecule has 1 aromatic carbocycles. The Morgan fingerprint density at radius 3 is 2.82 bits per heavy atom. The highest BCUT2D eigenvalue weighted by molar-refractivity contribution is 7.84. The molecule has 3 heterocycles. The lowest BCUT2D eigenvalue weighted by Crippen LogP contribution is -2.39. The van der Waals surface area contributed by atoms with Crippen molar-refractivity contribution in [3.63, 3.8) is 0 Å². The van der Waals surface area contributed by atoms with E-state index in [0.717, 1.165) is 11.1 Å². The van der Waals surface area contributed by atoms with Gasteiger partial charge in [0.1, 0.15) is 12.1 Å². The molecule has 1 amide bonds. The fourth-order valence-corrected chi connectivity index (χ4v) is 6.51. The lowest BCUT2D eigenvalue weighted by Gasteiger charge is -2.35. The van der Waals surface area contributed by atoms with E-state index in [9.17, 15) is 28.2 Å². The summed E-state index contributed by atoms with van der Waals surface area (Å²) in [4.78, 5) is 35.6. The number of ketones is 1. The van der Waals surface area contributed by atoms with E-state index in [2.05, 4.69) is 19.5 Å². The van der Waals surface area contributed by atoms with Gasteiger partial charge in [0.05, 0.1) is 29.2 Å². The number of fused-ring (bicyclic) bond motifs is 1. The van der Waals surface area contributed by atoms with Crippen molar-refractivity contribution >= 4 is 39.3 Å². The van der Waals surface area contributed by atoms with Gasteiger partial charge < -0.3 is 15.5 Å². The molecule has 39 heavy (non-hydrogen) atoms. The van der Waals surface area contributed by atoms with Crippen molar-refractivity contribution in [1.82, 2.24) is 14.9 Å². The van der Waals surface area contributed by atoms with Crippen LogP contribution in [0, 0.1) is 5.92 Å². The van der Waals surface area contributed by atoms with Gasteiger partial charge in [-0.15, -0.1) is 11.3 Å². The molecule has 1 aliphatic carbocycles. The highest BCUT2D eigenvalue weighted by Gasteiger charge is 2.36. The Kier molecular flexibility index (Phi) is 7.64. The Bertz CT molecular complexity index is 1500. The minimum atomic E-state index is -4.12. The monoisotopic (exact) mass is 573 g/mol. The van der Waals surface area contributed by atoms with Gasteiger partial charge in [0, 0.05) is 24.7 Å². The van der Waals surface area contributed by atoms with Crippen molar-refractivity contribution in [3.05, 3.63) is 75.4 Å².